The molecule has 0 bridgehead atoms. The minimum Gasteiger partial charge on any atom is -0.496 e. The van der Waals surface area contributed by atoms with Crippen molar-refractivity contribution in [2.24, 2.45) is 7.05 Å². The molecule has 1 aromatic heterocycles. The van der Waals surface area contributed by atoms with Crippen LogP contribution in [0.4, 0.5) is 5.82 Å². The number of aromatic nitrogens is 2. The van der Waals surface area contributed by atoms with Gasteiger partial charge in [-0.15, -0.1) is 0 Å². The molecule has 0 aliphatic heterocycles. The fourth-order valence-corrected chi connectivity index (χ4v) is 1.81. The van der Waals surface area contributed by atoms with E-state index in [1.54, 1.807) is 7.11 Å². The Morgan fingerprint density at radius 1 is 1.35 bits per heavy atom. The van der Waals surface area contributed by atoms with E-state index in [1.165, 1.54) is 0 Å². The second-order valence-electron chi connectivity index (χ2n) is 3.96. The number of nitrogens with zero attached hydrogens (tertiary/aromatic N) is 2. The lowest BCUT2D eigenvalue weighted by atomic mass is 10.2. The molecular formula is C13H17N3O. The van der Waals surface area contributed by atoms with Gasteiger partial charge in [-0.25, -0.2) is 0 Å². The van der Waals surface area contributed by atoms with Gasteiger partial charge in [-0.2, -0.15) is 5.10 Å². The first-order chi connectivity index (χ1) is 8.20. The molecule has 1 N–H and O–H groups in total. The van der Waals surface area contributed by atoms with Crippen LogP contribution in [0.2, 0.25) is 0 Å². The van der Waals surface area contributed by atoms with Crippen LogP contribution in [0.1, 0.15) is 11.3 Å². The summed E-state index contributed by atoms with van der Waals surface area (Å²) in [6.07, 6.45) is 0. The third-order valence-corrected chi connectivity index (χ3v) is 2.65. The number of methoxy groups -OCH3 is 1. The van der Waals surface area contributed by atoms with Crippen molar-refractivity contribution in [1.29, 1.82) is 0 Å². The zero-order chi connectivity index (χ0) is 12.3. The first kappa shape index (κ1) is 11.5. The van der Waals surface area contributed by atoms with Gasteiger partial charge in [0.1, 0.15) is 11.6 Å². The van der Waals surface area contributed by atoms with Crippen LogP contribution >= 0.6 is 0 Å². The summed E-state index contributed by atoms with van der Waals surface area (Å²) in [5.41, 5.74) is 2.14. The first-order valence-corrected chi connectivity index (χ1v) is 5.57. The zero-order valence-electron chi connectivity index (χ0n) is 10.4. The number of para-hydroxylation sites is 1. The maximum Gasteiger partial charge on any atom is 0.124 e. The van der Waals surface area contributed by atoms with Gasteiger partial charge in [0, 0.05) is 25.2 Å². The summed E-state index contributed by atoms with van der Waals surface area (Å²) in [4.78, 5) is 0. The van der Waals surface area contributed by atoms with Crippen molar-refractivity contribution in [2.45, 2.75) is 13.5 Å². The lowest BCUT2D eigenvalue weighted by Gasteiger charge is -2.10. The van der Waals surface area contributed by atoms with Crippen LogP contribution in [-0.2, 0) is 13.6 Å². The molecule has 17 heavy (non-hydrogen) atoms. The van der Waals surface area contributed by atoms with Crippen molar-refractivity contribution < 1.29 is 4.74 Å². The number of hydrogen-bond acceptors (Lipinski definition) is 3. The Labute approximate surface area is 101 Å². The number of nitrogens with one attached hydrogen (secondary N) is 1. The predicted molar refractivity (Wildman–Crippen MR) is 68.3 cm³/mol. The Morgan fingerprint density at radius 2 is 2.12 bits per heavy atom. The van der Waals surface area contributed by atoms with Crippen LogP contribution in [0.25, 0.3) is 0 Å². The van der Waals surface area contributed by atoms with Gasteiger partial charge in [-0.05, 0) is 13.0 Å². The maximum atomic E-state index is 5.31. The highest BCUT2D eigenvalue weighted by atomic mass is 16.5. The molecule has 90 valence electrons. The molecule has 1 aromatic carbocycles. The van der Waals surface area contributed by atoms with Crippen LogP contribution in [0, 0.1) is 6.92 Å². The molecule has 0 spiro atoms. The molecule has 0 aliphatic rings. The van der Waals surface area contributed by atoms with Crippen LogP contribution in [0.15, 0.2) is 30.3 Å². The van der Waals surface area contributed by atoms with E-state index in [0.29, 0.717) is 0 Å². The van der Waals surface area contributed by atoms with E-state index < -0.39 is 0 Å². The predicted octanol–water partition coefficient (Wildman–Crippen LogP) is 2.35. The van der Waals surface area contributed by atoms with Crippen LogP contribution in [-0.4, -0.2) is 16.9 Å². The minimum absolute atomic E-state index is 0.725. The van der Waals surface area contributed by atoms with Crippen LogP contribution in [0.5, 0.6) is 5.75 Å². The van der Waals surface area contributed by atoms with Crippen LogP contribution in [0.3, 0.4) is 0 Å². The molecule has 4 heteroatoms. The molecule has 0 radical (unpaired) electrons. The van der Waals surface area contributed by atoms with E-state index in [4.69, 9.17) is 4.74 Å². The highest BCUT2D eigenvalue weighted by Crippen LogP contribution is 2.19. The number of anilines is 1. The van der Waals surface area contributed by atoms with E-state index in [0.717, 1.165) is 29.4 Å². The van der Waals surface area contributed by atoms with E-state index in [9.17, 15) is 0 Å². The van der Waals surface area contributed by atoms with Gasteiger partial charge in [0.15, 0.2) is 0 Å². The van der Waals surface area contributed by atoms with Crippen molar-refractivity contribution in [3.05, 3.63) is 41.6 Å². The second-order valence-corrected chi connectivity index (χ2v) is 3.96. The minimum atomic E-state index is 0.725. The van der Waals surface area contributed by atoms with E-state index in [1.807, 2.05) is 42.9 Å². The number of rotatable bonds is 4. The molecule has 4 nitrogen and oxygen atoms in total. The molecule has 0 saturated carbocycles. The molecule has 0 unspecified atom stereocenters. The third kappa shape index (κ3) is 2.58. The summed E-state index contributed by atoms with van der Waals surface area (Å²) < 4.78 is 7.14. The van der Waals surface area contributed by atoms with Crippen LogP contribution < -0.4 is 10.1 Å². The van der Waals surface area contributed by atoms with Crippen molar-refractivity contribution >= 4 is 5.82 Å². The average molecular weight is 231 g/mol. The van der Waals surface area contributed by atoms with Gasteiger partial charge in [0.05, 0.1) is 12.8 Å². The highest BCUT2D eigenvalue weighted by molar-refractivity contribution is 5.41. The summed E-state index contributed by atoms with van der Waals surface area (Å²) >= 11 is 0. The Kier molecular flexibility index (Phi) is 3.32. The molecule has 0 aliphatic carbocycles. The molecule has 2 rings (SSSR count). The zero-order valence-corrected chi connectivity index (χ0v) is 10.4. The van der Waals surface area contributed by atoms with Gasteiger partial charge in [-0.3, -0.25) is 4.68 Å². The fraction of sp³-hybridized carbons (Fsp3) is 0.308. The van der Waals surface area contributed by atoms with Gasteiger partial charge >= 0.3 is 0 Å². The monoisotopic (exact) mass is 231 g/mol. The normalized spacial score (nSPS) is 10.3. The smallest absolute Gasteiger partial charge is 0.124 e. The number of aryl methyl sites for hydroxylation is 2. The second kappa shape index (κ2) is 4.91. The Morgan fingerprint density at radius 3 is 2.76 bits per heavy atom. The molecule has 1 heterocycles. The van der Waals surface area contributed by atoms with E-state index >= 15 is 0 Å². The SMILES string of the molecule is COc1ccccc1CNc1cc(C)nn1C. The fourth-order valence-electron chi connectivity index (χ4n) is 1.81. The summed E-state index contributed by atoms with van der Waals surface area (Å²) in [6, 6.07) is 10.0. The molecule has 0 fully saturated rings. The Balaban J connectivity index is 2.09. The van der Waals surface area contributed by atoms with Gasteiger partial charge in [0.25, 0.3) is 0 Å². The van der Waals surface area contributed by atoms with Gasteiger partial charge in [0.2, 0.25) is 0 Å². The maximum absolute atomic E-state index is 5.31. The molecule has 0 atom stereocenters. The first-order valence-electron chi connectivity index (χ1n) is 5.57. The Hall–Kier alpha value is -1.97. The summed E-state index contributed by atoms with van der Waals surface area (Å²) in [5, 5.41) is 7.63. The van der Waals surface area contributed by atoms with E-state index in [2.05, 4.69) is 16.5 Å². The topological polar surface area (TPSA) is 39.1 Å². The third-order valence-electron chi connectivity index (χ3n) is 2.65. The van der Waals surface area contributed by atoms with Crippen molar-refractivity contribution in [3.63, 3.8) is 0 Å². The Bertz CT molecular complexity index is 505. The van der Waals surface area contributed by atoms with Gasteiger partial charge < -0.3 is 10.1 Å². The summed E-state index contributed by atoms with van der Waals surface area (Å²) in [6.45, 7) is 2.71. The average Bonchev–Trinajstić information content (AvgIpc) is 2.65. The standard InChI is InChI=1S/C13H17N3O/c1-10-8-13(16(2)15-10)14-9-11-6-4-5-7-12(11)17-3/h4-8,14H,9H2,1-3H3. The largest absolute Gasteiger partial charge is 0.496 e. The summed E-state index contributed by atoms with van der Waals surface area (Å²) in [5.74, 6) is 1.91. The van der Waals surface area contributed by atoms with Crippen molar-refractivity contribution in [1.82, 2.24) is 9.78 Å². The van der Waals surface area contributed by atoms with E-state index in [-0.39, 0.29) is 0 Å². The number of ether oxygens (including phenoxy) is 1. The lowest BCUT2D eigenvalue weighted by molar-refractivity contribution is 0.410. The van der Waals surface area contributed by atoms with Crippen molar-refractivity contribution in [2.75, 3.05) is 12.4 Å². The molecular weight excluding hydrogens is 214 g/mol. The van der Waals surface area contributed by atoms with Crippen molar-refractivity contribution in [3.8, 4) is 5.75 Å². The number of benzene rings is 1. The summed E-state index contributed by atoms with van der Waals surface area (Å²) in [7, 11) is 3.62. The lowest BCUT2D eigenvalue weighted by Crippen LogP contribution is -2.05. The highest BCUT2D eigenvalue weighted by Gasteiger charge is 2.04. The quantitative estimate of drug-likeness (QED) is 0.878. The number of hydrogen-bond donors (Lipinski definition) is 1. The van der Waals surface area contributed by atoms with Gasteiger partial charge in [-0.1, -0.05) is 18.2 Å². The molecule has 0 amide bonds. The molecule has 0 saturated heterocycles. The molecule has 2 aromatic rings.